The first-order valence-electron chi connectivity index (χ1n) is 8.62. The van der Waals surface area contributed by atoms with Gasteiger partial charge in [-0.25, -0.2) is 0 Å². The van der Waals surface area contributed by atoms with E-state index in [0.717, 1.165) is 21.9 Å². The van der Waals surface area contributed by atoms with Crippen molar-refractivity contribution in [1.29, 1.82) is 5.26 Å². The van der Waals surface area contributed by atoms with E-state index < -0.39 is 0 Å². The standard InChI is InChI=1S/C23H18N2O2/c1-26-22-12-17-10-6-5-9-16(17)11-19(22)18-13-21(15-7-3-2-4-8-15)27-23(25)20(18)14-24/h2-13,18H,25H2,1H3. The van der Waals surface area contributed by atoms with E-state index in [1.807, 2.05) is 72.8 Å². The van der Waals surface area contributed by atoms with E-state index in [2.05, 4.69) is 6.07 Å². The third-order valence-electron chi connectivity index (χ3n) is 4.73. The summed E-state index contributed by atoms with van der Waals surface area (Å²) in [5, 5.41) is 11.8. The van der Waals surface area contributed by atoms with Gasteiger partial charge in [-0.3, -0.25) is 0 Å². The molecule has 1 aliphatic rings. The topological polar surface area (TPSA) is 68.3 Å². The molecule has 0 fully saturated rings. The molecular weight excluding hydrogens is 336 g/mol. The fourth-order valence-corrected chi connectivity index (χ4v) is 3.38. The average molecular weight is 354 g/mol. The predicted molar refractivity (Wildman–Crippen MR) is 106 cm³/mol. The molecule has 1 unspecified atom stereocenters. The van der Waals surface area contributed by atoms with Gasteiger partial charge in [0, 0.05) is 17.0 Å². The summed E-state index contributed by atoms with van der Waals surface area (Å²) in [6.07, 6.45) is 1.93. The van der Waals surface area contributed by atoms with Crippen LogP contribution in [0.3, 0.4) is 0 Å². The summed E-state index contributed by atoms with van der Waals surface area (Å²) in [4.78, 5) is 0. The molecule has 1 aliphatic heterocycles. The number of methoxy groups -OCH3 is 1. The van der Waals surface area contributed by atoms with Crippen molar-refractivity contribution in [2.24, 2.45) is 5.73 Å². The van der Waals surface area contributed by atoms with E-state index >= 15 is 0 Å². The van der Waals surface area contributed by atoms with Gasteiger partial charge in [0.05, 0.1) is 7.11 Å². The second-order valence-corrected chi connectivity index (χ2v) is 6.31. The van der Waals surface area contributed by atoms with E-state index in [0.29, 0.717) is 17.1 Å². The van der Waals surface area contributed by atoms with Crippen molar-refractivity contribution in [1.82, 2.24) is 0 Å². The third kappa shape index (κ3) is 3.00. The lowest BCUT2D eigenvalue weighted by molar-refractivity contribution is 0.359. The normalized spacial score (nSPS) is 16.4. The largest absolute Gasteiger partial charge is 0.496 e. The number of allylic oxidation sites excluding steroid dienone is 2. The Kier molecular flexibility index (Phi) is 4.27. The van der Waals surface area contributed by atoms with Crippen molar-refractivity contribution in [2.45, 2.75) is 5.92 Å². The molecule has 4 heteroatoms. The summed E-state index contributed by atoms with van der Waals surface area (Å²) < 4.78 is 11.4. The Bertz CT molecular complexity index is 1110. The number of hydrogen-bond acceptors (Lipinski definition) is 4. The van der Waals surface area contributed by atoms with Crippen LogP contribution in [0.4, 0.5) is 0 Å². The summed E-state index contributed by atoms with van der Waals surface area (Å²) in [6, 6.07) is 24.0. The van der Waals surface area contributed by atoms with Crippen molar-refractivity contribution in [3.63, 3.8) is 0 Å². The number of fused-ring (bicyclic) bond motifs is 1. The van der Waals surface area contributed by atoms with Gasteiger partial charge >= 0.3 is 0 Å². The maximum atomic E-state index is 9.69. The molecule has 0 bridgehead atoms. The van der Waals surface area contributed by atoms with Gasteiger partial charge in [-0.2, -0.15) is 5.26 Å². The summed E-state index contributed by atoms with van der Waals surface area (Å²) in [5.74, 6) is 1.12. The Hall–Kier alpha value is -3.71. The summed E-state index contributed by atoms with van der Waals surface area (Å²) in [6.45, 7) is 0. The van der Waals surface area contributed by atoms with Crippen LogP contribution >= 0.6 is 0 Å². The fourth-order valence-electron chi connectivity index (χ4n) is 3.38. The third-order valence-corrected chi connectivity index (χ3v) is 4.73. The summed E-state index contributed by atoms with van der Waals surface area (Å²) in [5.41, 5.74) is 8.27. The maximum absolute atomic E-state index is 9.69. The Morgan fingerprint density at radius 1 is 1.00 bits per heavy atom. The first-order chi connectivity index (χ1) is 13.2. The van der Waals surface area contributed by atoms with Gasteiger partial charge in [-0.1, -0.05) is 54.6 Å². The predicted octanol–water partition coefficient (Wildman–Crippen LogP) is 4.70. The molecule has 1 heterocycles. The van der Waals surface area contributed by atoms with Crippen molar-refractivity contribution in [2.75, 3.05) is 7.11 Å². The number of hydrogen-bond donors (Lipinski definition) is 1. The number of rotatable bonds is 3. The highest BCUT2D eigenvalue weighted by atomic mass is 16.5. The highest BCUT2D eigenvalue weighted by Crippen LogP contribution is 2.41. The molecular formula is C23H18N2O2. The number of ether oxygens (including phenoxy) is 2. The molecule has 0 saturated heterocycles. The fraction of sp³-hybridized carbons (Fsp3) is 0.0870. The van der Waals surface area contributed by atoms with Gasteiger partial charge in [-0.15, -0.1) is 0 Å². The first kappa shape index (κ1) is 16.7. The number of nitrogens with zero attached hydrogens (tertiary/aromatic N) is 1. The smallest absolute Gasteiger partial charge is 0.205 e. The molecule has 132 valence electrons. The van der Waals surface area contributed by atoms with Crippen LogP contribution in [0.2, 0.25) is 0 Å². The monoisotopic (exact) mass is 354 g/mol. The first-order valence-corrected chi connectivity index (χ1v) is 8.62. The minimum atomic E-state index is -0.349. The quantitative estimate of drug-likeness (QED) is 0.740. The van der Waals surface area contributed by atoms with E-state index in [9.17, 15) is 5.26 Å². The van der Waals surface area contributed by atoms with Gasteiger partial charge in [0.1, 0.15) is 23.2 Å². The molecule has 0 amide bonds. The van der Waals surface area contributed by atoms with Crippen molar-refractivity contribution < 1.29 is 9.47 Å². The van der Waals surface area contributed by atoms with Crippen LogP contribution in [-0.2, 0) is 4.74 Å². The molecule has 0 radical (unpaired) electrons. The molecule has 1 atom stereocenters. The minimum absolute atomic E-state index is 0.124. The zero-order chi connectivity index (χ0) is 18.8. The zero-order valence-corrected chi connectivity index (χ0v) is 14.8. The van der Waals surface area contributed by atoms with Crippen LogP contribution in [0.15, 0.2) is 84.3 Å². The number of nitrogens with two attached hydrogens (primary N) is 1. The van der Waals surface area contributed by atoms with E-state index in [1.54, 1.807) is 7.11 Å². The van der Waals surface area contributed by atoms with Crippen LogP contribution in [0.1, 0.15) is 17.0 Å². The van der Waals surface area contributed by atoms with Gasteiger partial charge in [-0.05, 0) is 29.0 Å². The molecule has 0 saturated carbocycles. The molecule has 27 heavy (non-hydrogen) atoms. The molecule has 0 aliphatic carbocycles. The lowest BCUT2D eigenvalue weighted by Crippen LogP contribution is -2.16. The molecule has 4 rings (SSSR count). The molecule has 3 aromatic rings. The Morgan fingerprint density at radius 3 is 2.33 bits per heavy atom. The van der Waals surface area contributed by atoms with E-state index in [1.165, 1.54) is 0 Å². The number of benzene rings is 3. The van der Waals surface area contributed by atoms with Crippen molar-refractivity contribution >= 4 is 16.5 Å². The van der Waals surface area contributed by atoms with Crippen LogP contribution < -0.4 is 10.5 Å². The molecule has 2 N–H and O–H groups in total. The average Bonchev–Trinajstić information content (AvgIpc) is 2.72. The highest BCUT2D eigenvalue weighted by molar-refractivity contribution is 5.86. The molecule has 0 aromatic heterocycles. The zero-order valence-electron chi connectivity index (χ0n) is 14.8. The van der Waals surface area contributed by atoms with Crippen LogP contribution in [0, 0.1) is 11.3 Å². The van der Waals surface area contributed by atoms with E-state index in [4.69, 9.17) is 15.2 Å². The van der Waals surface area contributed by atoms with E-state index in [-0.39, 0.29) is 11.8 Å². The summed E-state index contributed by atoms with van der Waals surface area (Å²) in [7, 11) is 1.63. The van der Waals surface area contributed by atoms with Crippen molar-refractivity contribution in [3.8, 4) is 11.8 Å². The molecule has 0 spiro atoms. The Labute approximate surface area is 157 Å². The lowest BCUT2D eigenvalue weighted by Gasteiger charge is -2.24. The second kappa shape index (κ2) is 6.89. The maximum Gasteiger partial charge on any atom is 0.205 e. The van der Waals surface area contributed by atoms with Gasteiger partial charge in [0.2, 0.25) is 5.88 Å². The van der Waals surface area contributed by atoms with Gasteiger partial charge in [0.25, 0.3) is 0 Å². The highest BCUT2D eigenvalue weighted by Gasteiger charge is 2.28. The van der Waals surface area contributed by atoms with Crippen LogP contribution in [0.5, 0.6) is 5.75 Å². The van der Waals surface area contributed by atoms with Crippen molar-refractivity contribution in [3.05, 3.63) is 95.4 Å². The molecule has 3 aromatic carbocycles. The Balaban J connectivity index is 1.91. The lowest BCUT2D eigenvalue weighted by atomic mass is 9.87. The molecule has 4 nitrogen and oxygen atoms in total. The second-order valence-electron chi connectivity index (χ2n) is 6.31. The van der Waals surface area contributed by atoms with Crippen LogP contribution in [0.25, 0.3) is 16.5 Å². The van der Waals surface area contributed by atoms with Gasteiger partial charge in [0.15, 0.2) is 0 Å². The summed E-state index contributed by atoms with van der Waals surface area (Å²) >= 11 is 0. The van der Waals surface area contributed by atoms with Gasteiger partial charge < -0.3 is 15.2 Å². The number of nitriles is 1. The SMILES string of the molecule is COc1cc2ccccc2cc1C1C=C(c2ccccc2)OC(N)=C1C#N. The Morgan fingerprint density at radius 2 is 1.67 bits per heavy atom. The van der Waals surface area contributed by atoms with Crippen LogP contribution in [-0.4, -0.2) is 7.11 Å². The minimum Gasteiger partial charge on any atom is -0.496 e.